The Labute approximate surface area is 152 Å². The molecule has 4 rings (SSSR count). The fraction of sp³-hybridized carbons (Fsp3) is 0.588. The predicted molar refractivity (Wildman–Crippen MR) is 88.6 cm³/mol. The Morgan fingerprint density at radius 3 is 2.48 bits per heavy atom. The van der Waals surface area contributed by atoms with Crippen LogP contribution in [0.5, 0.6) is 0 Å². The molecule has 7 nitrogen and oxygen atoms in total. The van der Waals surface area contributed by atoms with Gasteiger partial charge in [0, 0.05) is 37.0 Å². The van der Waals surface area contributed by atoms with E-state index < -0.39 is 22.5 Å². The van der Waals surface area contributed by atoms with Crippen LogP contribution in [0.2, 0.25) is 0 Å². The molecule has 2 saturated heterocycles. The lowest BCUT2D eigenvalue weighted by Gasteiger charge is -2.55. The average Bonchev–Trinajstić information content (AvgIpc) is 3.42. The average molecular weight is 385 g/mol. The third-order valence-electron chi connectivity index (χ3n) is 5.47. The second-order valence-electron chi connectivity index (χ2n) is 7.37. The number of piperazine rings is 1. The molecule has 146 valence electrons. The van der Waals surface area contributed by atoms with E-state index in [0.29, 0.717) is 5.56 Å². The van der Waals surface area contributed by atoms with Gasteiger partial charge in [-0.25, -0.2) is 0 Å². The smallest absolute Gasteiger partial charge is 0.376 e. The van der Waals surface area contributed by atoms with E-state index in [-0.39, 0.29) is 44.5 Å². The van der Waals surface area contributed by atoms with Gasteiger partial charge in [-0.1, -0.05) is 0 Å². The summed E-state index contributed by atoms with van der Waals surface area (Å²) in [6.45, 7) is 0.460. The number of nitro benzene ring substituents is 1. The van der Waals surface area contributed by atoms with Crippen molar-refractivity contribution in [3.05, 3.63) is 33.9 Å². The van der Waals surface area contributed by atoms with E-state index in [1.165, 1.54) is 6.07 Å². The summed E-state index contributed by atoms with van der Waals surface area (Å²) in [5.41, 5.74) is 0.471. The van der Waals surface area contributed by atoms with Gasteiger partial charge in [0.1, 0.15) is 5.54 Å². The first-order chi connectivity index (χ1) is 12.7. The number of alkyl halides is 3. The molecule has 1 spiro atoms. The normalized spacial score (nSPS) is 21.9. The van der Waals surface area contributed by atoms with Crippen LogP contribution < -0.4 is 4.90 Å². The Kier molecular flexibility index (Phi) is 4.06. The van der Waals surface area contributed by atoms with Crippen LogP contribution in [0.1, 0.15) is 24.3 Å². The van der Waals surface area contributed by atoms with Crippen LogP contribution in [-0.4, -0.2) is 60.3 Å². The molecular formula is C17H18F3N3O4. The van der Waals surface area contributed by atoms with E-state index in [2.05, 4.69) is 0 Å². The van der Waals surface area contributed by atoms with Gasteiger partial charge in [0.25, 0.3) is 5.69 Å². The maximum Gasteiger partial charge on any atom is 0.471 e. The maximum absolute atomic E-state index is 12.9. The molecule has 0 aromatic heterocycles. The summed E-state index contributed by atoms with van der Waals surface area (Å²) in [5, 5.41) is 11.2. The van der Waals surface area contributed by atoms with Gasteiger partial charge in [-0.05, 0) is 30.9 Å². The summed E-state index contributed by atoms with van der Waals surface area (Å²) >= 11 is 0. The summed E-state index contributed by atoms with van der Waals surface area (Å²) < 4.78 is 43.9. The minimum absolute atomic E-state index is 0.0494. The first-order valence-electron chi connectivity index (χ1n) is 8.71. The molecular weight excluding hydrogens is 367 g/mol. The first-order valence-corrected chi connectivity index (χ1v) is 8.71. The van der Waals surface area contributed by atoms with Crippen molar-refractivity contribution in [1.82, 2.24) is 4.90 Å². The number of carbonyl (C=O) groups excluding carboxylic acids is 1. The fourth-order valence-corrected chi connectivity index (χ4v) is 3.88. The van der Waals surface area contributed by atoms with Crippen molar-refractivity contribution in [2.75, 3.05) is 37.7 Å². The van der Waals surface area contributed by atoms with Gasteiger partial charge in [0.05, 0.1) is 18.1 Å². The van der Waals surface area contributed by atoms with Crippen molar-refractivity contribution >= 4 is 17.3 Å². The quantitative estimate of drug-likeness (QED) is 0.590. The molecule has 3 fully saturated rings. The highest BCUT2D eigenvalue weighted by molar-refractivity contribution is 5.83. The highest BCUT2D eigenvalue weighted by Gasteiger charge is 2.56. The molecule has 1 aromatic carbocycles. The van der Waals surface area contributed by atoms with Crippen LogP contribution in [0.15, 0.2) is 18.2 Å². The zero-order valence-electron chi connectivity index (χ0n) is 14.4. The molecule has 1 aromatic rings. The number of nitrogens with zero attached hydrogens (tertiary/aromatic N) is 3. The lowest BCUT2D eigenvalue weighted by molar-refractivity contribution is -0.385. The molecule has 0 unspecified atom stereocenters. The maximum atomic E-state index is 12.9. The van der Waals surface area contributed by atoms with Crippen molar-refractivity contribution in [2.24, 2.45) is 0 Å². The minimum atomic E-state index is -4.92. The Morgan fingerprint density at radius 1 is 1.26 bits per heavy atom. The van der Waals surface area contributed by atoms with Gasteiger partial charge in [0.15, 0.2) is 0 Å². The van der Waals surface area contributed by atoms with Crippen molar-refractivity contribution < 1.29 is 27.6 Å². The van der Waals surface area contributed by atoms with E-state index in [4.69, 9.17) is 4.74 Å². The summed E-state index contributed by atoms with van der Waals surface area (Å²) in [4.78, 5) is 25.4. The number of anilines is 1. The third kappa shape index (κ3) is 3.11. The van der Waals surface area contributed by atoms with E-state index in [9.17, 15) is 28.1 Å². The van der Waals surface area contributed by atoms with Crippen molar-refractivity contribution in [3.8, 4) is 0 Å². The van der Waals surface area contributed by atoms with Gasteiger partial charge in [0.2, 0.25) is 0 Å². The number of carbonyl (C=O) groups is 1. The zero-order valence-corrected chi connectivity index (χ0v) is 14.4. The minimum Gasteiger partial charge on any atom is -0.376 e. The van der Waals surface area contributed by atoms with E-state index in [1.807, 2.05) is 4.90 Å². The number of hydrogen-bond acceptors (Lipinski definition) is 5. The topological polar surface area (TPSA) is 75.9 Å². The second kappa shape index (κ2) is 6.08. The lowest BCUT2D eigenvalue weighted by Crippen LogP contribution is -2.74. The monoisotopic (exact) mass is 385 g/mol. The third-order valence-corrected chi connectivity index (χ3v) is 5.47. The van der Waals surface area contributed by atoms with Crippen LogP contribution in [0.25, 0.3) is 0 Å². The van der Waals surface area contributed by atoms with E-state index in [1.54, 1.807) is 12.1 Å². The van der Waals surface area contributed by atoms with Crippen molar-refractivity contribution in [1.29, 1.82) is 0 Å². The second-order valence-corrected chi connectivity index (χ2v) is 7.37. The number of benzene rings is 1. The molecule has 10 heteroatoms. The predicted octanol–water partition coefficient (Wildman–Crippen LogP) is 2.45. The number of hydrogen-bond donors (Lipinski definition) is 0. The SMILES string of the molecule is O=C(N1CCN(c2ccc([N+](=O)[O-])c(C3CC3)c2)CC12COC2)C(F)(F)F. The van der Waals surface area contributed by atoms with E-state index >= 15 is 0 Å². The largest absolute Gasteiger partial charge is 0.471 e. The number of rotatable bonds is 3. The molecule has 0 atom stereocenters. The fourth-order valence-electron chi connectivity index (χ4n) is 3.88. The standard InChI is InChI=1S/C17H18F3N3O4/c18-17(19,20)15(24)22-6-5-21(8-16(22)9-27-10-16)12-3-4-14(23(25)26)13(7-12)11-1-2-11/h3-4,7,11H,1-2,5-6,8-10H2. The Hall–Kier alpha value is -2.36. The summed E-state index contributed by atoms with van der Waals surface area (Å²) in [7, 11) is 0. The summed E-state index contributed by atoms with van der Waals surface area (Å²) in [6.07, 6.45) is -3.12. The Bertz CT molecular complexity index is 790. The van der Waals surface area contributed by atoms with Crippen LogP contribution in [0.4, 0.5) is 24.5 Å². The molecule has 1 saturated carbocycles. The molecule has 1 amide bonds. The van der Waals surface area contributed by atoms with Gasteiger partial charge >= 0.3 is 12.1 Å². The van der Waals surface area contributed by atoms with Crippen LogP contribution in [0, 0.1) is 10.1 Å². The van der Waals surface area contributed by atoms with E-state index in [0.717, 1.165) is 23.4 Å². The Morgan fingerprint density at radius 2 is 1.96 bits per heavy atom. The molecule has 2 aliphatic heterocycles. The molecule has 27 heavy (non-hydrogen) atoms. The van der Waals surface area contributed by atoms with Gasteiger partial charge < -0.3 is 14.5 Å². The van der Waals surface area contributed by atoms with Gasteiger partial charge in [-0.2, -0.15) is 13.2 Å². The highest BCUT2D eigenvalue weighted by atomic mass is 19.4. The molecule has 1 aliphatic carbocycles. The van der Waals surface area contributed by atoms with Crippen molar-refractivity contribution in [3.63, 3.8) is 0 Å². The van der Waals surface area contributed by atoms with Crippen molar-refractivity contribution in [2.45, 2.75) is 30.5 Å². The summed E-state index contributed by atoms with van der Waals surface area (Å²) in [6, 6.07) is 4.85. The first kappa shape index (κ1) is 18.0. The molecule has 2 heterocycles. The van der Waals surface area contributed by atoms with Gasteiger partial charge in [-0.15, -0.1) is 0 Å². The van der Waals surface area contributed by atoms with Crippen LogP contribution >= 0.6 is 0 Å². The molecule has 3 aliphatic rings. The zero-order chi connectivity index (χ0) is 19.4. The highest BCUT2D eigenvalue weighted by Crippen LogP contribution is 2.46. The number of amides is 1. The molecule has 0 radical (unpaired) electrons. The number of ether oxygens (including phenoxy) is 1. The number of halogens is 3. The summed E-state index contributed by atoms with van der Waals surface area (Å²) in [5.74, 6) is -1.67. The lowest BCUT2D eigenvalue weighted by atomic mass is 9.90. The molecule has 0 bridgehead atoms. The van der Waals surface area contributed by atoms with Gasteiger partial charge in [-0.3, -0.25) is 14.9 Å². The Balaban J connectivity index is 1.59. The molecule has 0 N–H and O–H groups in total. The van der Waals surface area contributed by atoms with Crippen LogP contribution in [0.3, 0.4) is 0 Å². The number of nitro groups is 1. The van der Waals surface area contributed by atoms with Crippen LogP contribution in [-0.2, 0) is 9.53 Å².